The second-order valence-corrected chi connectivity index (χ2v) is 7.79. The summed E-state index contributed by atoms with van der Waals surface area (Å²) in [6, 6.07) is -1.30. The van der Waals surface area contributed by atoms with Crippen molar-refractivity contribution in [1.29, 1.82) is 0 Å². The van der Waals surface area contributed by atoms with Gasteiger partial charge in [0.15, 0.2) is 0 Å². The van der Waals surface area contributed by atoms with E-state index in [9.17, 15) is 14.4 Å². The number of hydrogen-bond acceptors (Lipinski definition) is 3. The number of likely N-dealkylation sites (N-methyl/N-ethyl adjacent to an activating group) is 1. The van der Waals surface area contributed by atoms with Crippen molar-refractivity contribution in [3.05, 3.63) is 12.2 Å². The third-order valence-electron chi connectivity index (χ3n) is 5.17. The maximum atomic E-state index is 12.1. The van der Waals surface area contributed by atoms with Crippen LogP contribution in [0.4, 0.5) is 0 Å². The van der Waals surface area contributed by atoms with Crippen LogP contribution in [0.15, 0.2) is 12.2 Å². The Bertz CT molecular complexity index is 490. The van der Waals surface area contributed by atoms with Crippen molar-refractivity contribution in [3.8, 4) is 0 Å². The summed E-state index contributed by atoms with van der Waals surface area (Å²) in [7, 11) is 1.36. The lowest BCUT2D eigenvalue weighted by Gasteiger charge is -2.23. The molecular formula is C23H41NO5. The van der Waals surface area contributed by atoms with E-state index in [1.807, 2.05) is 0 Å². The molecule has 0 aromatic heterocycles. The third-order valence-corrected chi connectivity index (χ3v) is 5.17. The van der Waals surface area contributed by atoms with Gasteiger partial charge in [0.25, 0.3) is 0 Å². The van der Waals surface area contributed by atoms with Gasteiger partial charge in [-0.1, -0.05) is 70.4 Å². The Labute approximate surface area is 176 Å². The molecule has 0 saturated heterocycles. The first-order chi connectivity index (χ1) is 13.9. The first-order valence-corrected chi connectivity index (χ1v) is 11.2. The van der Waals surface area contributed by atoms with Crippen LogP contribution < -0.4 is 0 Å². The molecule has 0 aromatic rings. The fourth-order valence-corrected chi connectivity index (χ4v) is 3.25. The first kappa shape index (κ1) is 27.1. The molecule has 29 heavy (non-hydrogen) atoms. The highest BCUT2D eigenvalue weighted by atomic mass is 16.4. The molecule has 1 amide bonds. The Balaban J connectivity index is 3.66. The van der Waals surface area contributed by atoms with Gasteiger partial charge in [0.2, 0.25) is 5.91 Å². The largest absolute Gasteiger partial charge is 0.481 e. The van der Waals surface area contributed by atoms with Gasteiger partial charge in [-0.3, -0.25) is 9.59 Å². The second kappa shape index (κ2) is 18.2. The highest BCUT2D eigenvalue weighted by Gasteiger charge is 2.28. The molecule has 168 valence electrons. The van der Waals surface area contributed by atoms with Gasteiger partial charge in [0.05, 0.1) is 6.42 Å². The summed E-state index contributed by atoms with van der Waals surface area (Å²) in [6.07, 6.45) is 19.5. The molecule has 0 rings (SSSR count). The lowest BCUT2D eigenvalue weighted by molar-refractivity contribution is -0.153. The minimum atomic E-state index is -1.30. The van der Waals surface area contributed by atoms with E-state index in [2.05, 4.69) is 19.1 Å². The van der Waals surface area contributed by atoms with Crippen LogP contribution >= 0.6 is 0 Å². The zero-order valence-electron chi connectivity index (χ0n) is 18.4. The summed E-state index contributed by atoms with van der Waals surface area (Å²) in [6.45, 7) is 2.24. The predicted octanol–water partition coefficient (Wildman–Crippen LogP) is 5.41. The van der Waals surface area contributed by atoms with Gasteiger partial charge in [-0.05, 0) is 32.1 Å². The molecule has 2 N–H and O–H groups in total. The van der Waals surface area contributed by atoms with Crippen molar-refractivity contribution >= 4 is 17.8 Å². The Morgan fingerprint density at radius 1 is 0.793 bits per heavy atom. The van der Waals surface area contributed by atoms with Crippen LogP contribution in [-0.2, 0) is 14.4 Å². The average Bonchev–Trinajstić information content (AvgIpc) is 2.68. The van der Waals surface area contributed by atoms with Crippen LogP contribution in [0.1, 0.15) is 103 Å². The molecule has 0 aliphatic rings. The van der Waals surface area contributed by atoms with Crippen molar-refractivity contribution in [1.82, 2.24) is 4.90 Å². The van der Waals surface area contributed by atoms with E-state index >= 15 is 0 Å². The molecule has 0 aliphatic heterocycles. The standard InChI is InChI=1S/C23H41NO5/c1-3-4-5-6-7-8-9-10-11-12-13-14-15-16-17-18-21(25)24(2)20(23(28)29)19-22(26)27/h10-11,20H,3-9,12-19H2,1-2H3,(H,26,27)(H,28,29)/b11-10-/t20-/m0/s1. The van der Waals surface area contributed by atoms with Crippen LogP contribution in [0.3, 0.4) is 0 Å². The van der Waals surface area contributed by atoms with E-state index in [4.69, 9.17) is 10.2 Å². The number of carboxylic acids is 2. The molecule has 0 unspecified atom stereocenters. The van der Waals surface area contributed by atoms with Crippen molar-refractivity contribution < 1.29 is 24.6 Å². The number of hydrogen-bond donors (Lipinski definition) is 2. The fourth-order valence-electron chi connectivity index (χ4n) is 3.25. The van der Waals surface area contributed by atoms with E-state index < -0.39 is 24.4 Å². The molecule has 0 aliphatic carbocycles. The Morgan fingerprint density at radius 3 is 1.76 bits per heavy atom. The maximum Gasteiger partial charge on any atom is 0.327 e. The van der Waals surface area contributed by atoms with Gasteiger partial charge in [-0.2, -0.15) is 0 Å². The molecule has 1 atom stereocenters. The van der Waals surface area contributed by atoms with Gasteiger partial charge in [0.1, 0.15) is 6.04 Å². The summed E-state index contributed by atoms with van der Waals surface area (Å²) < 4.78 is 0. The molecular weight excluding hydrogens is 370 g/mol. The van der Waals surface area contributed by atoms with Crippen molar-refractivity contribution in [2.24, 2.45) is 0 Å². The van der Waals surface area contributed by atoms with Crippen LogP contribution in [0.25, 0.3) is 0 Å². The highest BCUT2D eigenvalue weighted by Crippen LogP contribution is 2.12. The number of carbonyl (C=O) groups excluding carboxylic acids is 1. The molecule has 0 bridgehead atoms. The number of aliphatic carboxylic acids is 2. The Morgan fingerprint density at radius 2 is 1.28 bits per heavy atom. The van der Waals surface area contributed by atoms with Crippen molar-refractivity contribution in [2.75, 3.05) is 7.05 Å². The number of carboxylic acid groups (broad SMARTS) is 2. The van der Waals surface area contributed by atoms with Crippen molar-refractivity contribution in [2.45, 2.75) is 109 Å². The smallest absolute Gasteiger partial charge is 0.327 e. The summed E-state index contributed by atoms with van der Waals surface area (Å²) in [5.41, 5.74) is 0. The molecule has 0 aromatic carbocycles. The molecule has 6 nitrogen and oxygen atoms in total. The van der Waals surface area contributed by atoms with Crippen molar-refractivity contribution in [3.63, 3.8) is 0 Å². The van der Waals surface area contributed by atoms with Gasteiger partial charge >= 0.3 is 11.9 Å². The average molecular weight is 412 g/mol. The second-order valence-electron chi connectivity index (χ2n) is 7.79. The molecule has 6 heteroatoms. The topological polar surface area (TPSA) is 94.9 Å². The minimum absolute atomic E-state index is 0.262. The number of rotatable bonds is 19. The number of amides is 1. The predicted molar refractivity (Wildman–Crippen MR) is 116 cm³/mol. The number of unbranched alkanes of at least 4 members (excludes halogenated alkanes) is 11. The first-order valence-electron chi connectivity index (χ1n) is 11.2. The van der Waals surface area contributed by atoms with Gasteiger partial charge < -0.3 is 15.1 Å². The lowest BCUT2D eigenvalue weighted by atomic mass is 10.1. The zero-order chi connectivity index (χ0) is 21.9. The summed E-state index contributed by atoms with van der Waals surface area (Å²) in [4.78, 5) is 35.0. The zero-order valence-corrected chi connectivity index (χ0v) is 18.4. The van der Waals surface area contributed by atoms with Gasteiger partial charge in [-0.25, -0.2) is 4.79 Å². The Hall–Kier alpha value is -1.85. The highest BCUT2D eigenvalue weighted by molar-refractivity contribution is 5.86. The number of allylic oxidation sites excluding steroid dienone is 2. The quantitative estimate of drug-likeness (QED) is 0.219. The van der Waals surface area contributed by atoms with E-state index in [-0.39, 0.29) is 12.3 Å². The van der Waals surface area contributed by atoms with Gasteiger partial charge in [0, 0.05) is 13.5 Å². The van der Waals surface area contributed by atoms with Crippen LogP contribution in [0, 0.1) is 0 Å². The lowest BCUT2D eigenvalue weighted by Crippen LogP contribution is -2.43. The van der Waals surface area contributed by atoms with E-state index in [0.717, 1.165) is 37.0 Å². The molecule has 0 saturated carbocycles. The maximum absolute atomic E-state index is 12.1. The SMILES string of the molecule is CCCCCCCC/C=C\CCCCCCCC(=O)N(C)[C@@H](CC(=O)O)C(=O)O. The minimum Gasteiger partial charge on any atom is -0.481 e. The Kier molecular flexibility index (Phi) is 17.0. The van der Waals surface area contributed by atoms with Gasteiger partial charge in [-0.15, -0.1) is 0 Å². The van der Waals surface area contributed by atoms with E-state index in [0.29, 0.717) is 6.42 Å². The fraction of sp³-hybridized carbons (Fsp3) is 0.783. The molecule has 0 radical (unpaired) electrons. The van der Waals surface area contributed by atoms with Crippen LogP contribution in [0.2, 0.25) is 0 Å². The summed E-state index contributed by atoms with van der Waals surface area (Å²) >= 11 is 0. The number of carbonyl (C=O) groups is 3. The number of nitrogens with zero attached hydrogens (tertiary/aromatic N) is 1. The normalized spacial score (nSPS) is 12.2. The summed E-state index contributed by atoms with van der Waals surface area (Å²) in [5, 5.41) is 17.9. The summed E-state index contributed by atoms with van der Waals surface area (Å²) in [5.74, 6) is -2.82. The molecule has 0 spiro atoms. The van der Waals surface area contributed by atoms with Crippen LogP contribution in [-0.4, -0.2) is 46.0 Å². The molecule has 0 heterocycles. The molecule has 0 fully saturated rings. The third kappa shape index (κ3) is 15.7. The van der Waals surface area contributed by atoms with E-state index in [1.54, 1.807) is 0 Å². The van der Waals surface area contributed by atoms with Crippen LogP contribution in [0.5, 0.6) is 0 Å². The monoisotopic (exact) mass is 411 g/mol. The van der Waals surface area contributed by atoms with E-state index in [1.165, 1.54) is 52.0 Å².